The number of nitrogens with zero attached hydrogens (tertiary/aromatic N) is 5. The number of Topliss-reactive ketones (excluding diaryl/α,β-unsaturated/α-hetero) is 1. The Labute approximate surface area is 181 Å². The molecule has 0 unspecified atom stereocenters. The minimum Gasteiger partial charge on any atom is -0.380 e. The lowest BCUT2D eigenvalue weighted by Crippen LogP contribution is -2.54. The zero-order valence-electron chi connectivity index (χ0n) is 18.1. The van der Waals surface area contributed by atoms with E-state index < -0.39 is 0 Å². The highest BCUT2D eigenvalue weighted by atomic mass is 16.5. The molecular weight excluding hydrogens is 390 g/mol. The third-order valence-electron chi connectivity index (χ3n) is 7.31. The molecule has 0 N–H and O–H groups in total. The van der Waals surface area contributed by atoms with Gasteiger partial charge in [-0.3, -0.25) is 4.79 Å². The second-order valence-electron chi connectivity index (χ2n) is 9.96. The van der Waals surface area contributed by atoms with Gasteiger partial charge in [-0.15, -0.1) is 0 Å². The first-order valence-corrected chi connectivity index (χ1v) is 11.1. The van der Waals surface area contributed by atoms with Gasteiger partial charge < -0.3 is 9.64 Å². The van der Waals surface area contributed by atoms with E-state index in [2.05, 4.69) is 28.1 Å². The van der Waals surface area contributed by atoms with Crippen molar-refractivity contribution in [2.45, 2.75) is 44.9 Å². The second-order valence-corrected chi connectivity index (χ2v) is 9.96. The van der Waals surface area contributed by atoms with E-state index in [1.54, 1.807) is 0 Å². The van der Waals surface area contributed by atoms with Gasteiger partial charge in [-0.05, 0) is 43.4 Å². The van der Waals surface area contributed by atoms with Crippen molar-refractivity contribution in [3.63, 3.8) is 0 Å². The zero-order chi connectivity index (χ0) is 21.2. The number of ether oxygens (including phenoxy) is 1. The highest BCUT2D eigenvalue weighted by Crippen LogP contribution is 2.39. The monoisotopic (exact) mass is 417 g/mol. The number of hydrogen-bond donors (Lipinski definition) is 0. The summed E-state index contributed by atoms with van der Waals surface area (Å²) in [4.78, 5) is 24.2. The van der Waals surface area contributed by atoms with Crippen LogP contribution in [0.25, 0.3) is 5.65 Å². The minimum atomic E-state index is -0.382. The van der Waals surface area contributed by atoms with Gasteiger partial charge >= 0.3 is 0 Å². The first kappa shape index (κ1) is 18.9. The Morgan fingerprint density at radius 3 is 2.90 bits per heavy atom. The van der Waals surface area contributed by atoms with Crippen LogP contribution in [0.3, 0.4) is 0 Å². The summed E-state index contributed by atoms with van der Waals surface area (Å²) >= 11 is 0. The van der Waals surface area contributed by atoms with Crippen molar-refractivity contribution in [3.05, 3.63) is 53.1 Å². The molecule has 160 valence electrons. The van der Waals surface area contributed by atoms with Crippen LogP contribution in [0.15, 0.2) is 30.6 Å². The largest absolute Gasteiger partial charge is 0.380 e. The van der Waals surface area contributed by atoms with Gasteiger partial charge in [0.15, 0.2) is 17.3 Å². The molecular formula is C24H27N5O2. The number of piperidine rings is 1. The molecule has 1 aromatic carbocycles. The van der Waals surface area contributed by atoms with Crippen molar-refractivity contribution >= 4 is 17.2 Å². The highest BCUT2D eigenvalue weighted by molar-refractivity contribution is 5.95. The molecule has 7 nitrogen and oxygen atoms in total. The van der Waals surface area contributed by atoms with E-state index in [1.807, 2.05) is 30.8 Å². The summed E-state index contributed by atoms with van der Waals surface area (Å²) in [7, 11) is 0. The fourth-order valence-corrected chi connectivity index (χ4v) is 5.40. The van der Waals surface area contributed by atoms with E-state index in [-0.39, 0.29) is 16.6 Å². The SMILES string of the molecule is CC1(C)C(=O)Cc2cc(Cc3nc4c(N5CCCC6(COC6)C5)nccn4n3)ccc21. The maximum absolute atomic E-state index is 12.4. The average molecular weight is 418 g/mol. The summed E-state index contributed by atoms with van der Waals surface area (Å²) < 4.78 is 7.35. The predicted molar refractivity (Wildman–Crippen MR) is 116 cm³/mol. The topological polar surface area (TPSA) is 72.6 Å². The lowest BCUT2D eigenvalue weighted by atomic mass is 9.78. The molecule has 4 heterocycles. The van der Waals surface area contributed by atoms with Crippen LogP contribution < -0.4 is 4.90 Å². The fraction of sp³-hybridized carbons (Fsp3) is 0.500. The summed E-state index contributed by atoms with van der Waals surface area (Å²) in [6.07, 6.45) is 7.21. The smallest absolute Gasteiger partial charge is 0.198 e. The number of carbonyl (C=O) groups excluding carboxylic acids is 1. The van der Waals surface area contributed by atoms with Gasteiger partial charge in [-0.2, -0.15) is 5.10 Å². The number of rotatable bonds is 3. The van der Waals surface area contributed by atoms with E-state index in [0.29, 0.717) is 12.8 Å². The molecule has 0 amide bonds. The molecule has 0 saturated carbocycles. The van der Waals surface area contributed by atoms with Crippen LogP contribution in [0, 0.1) is 5.41 Å². The third kappa shape index (κ3) is 2.97. The van der Waals surface area contributed by atoms with Gasteiger partial charge in [0.2, 0.25) is 0 Å². The Balaban J connectivity index is 1.29. The standard InChI is InChI=1S/C24H27N5O2/c1-23(2)18-5-4-16(10-17(18)12-19(23)30)11-20-26-22-21(25-7-9-29(22)27-20)28-8-3-6-24(13-28)14-31-15-24/h4-5,7,9-10H,3,6,8,11-15H2,1-2H3. The molecule has 6 rings (SSSR count). The number of hydrogen-bond acceptors (Lipinski definition) is 6. The summed E-state index contributed by atoms with van der Waals surface area (Å²) in [5.74, 6) is 1.97. The van der Waals surface area contributed by atoms with Crippen molar-refractivity contribution < 1.29 is 9.53 Å². The molecule has 31 heavy (non-hydrogen) atoms. The molecule has 3 aliphatic rings. The van der Waals surface area contributed by atoms with Crippen LogP contribution in [0.1, 0.15) is 49.2 Å². The number of ketones is 1. The Morgan fingerprint density at radius 1 is 1.23 bits per heavy atom. The Hall–Kier alpha value is -2.80. The van der Waals surface area contributed by atoms with Gasteiger partial charge in [0, 0.05) is 49.2 Å². The lowest BCUT2D eigenvalue weighted by Gasteiger charge is -2.48. The Kier molecular flexibility index (Phi) is 4.03. The molecule has 0 radical (unpaired) electrons. The van der Waals surface area contributed by atoms with Crippen LogP contribution >= 0.6 is 0 Å². The first-order valence-electron chi connectivity index (χ1n) is 11.1. The van der Waals surface area contributed by atoms with Crippen LogP contribution in [0.4, 0.5) is 5.82 Å². The molecule has 1 spiro atoms. The van der Waals surface area contributed by atoms with Crippen LogP contribution in [-0.4, -0.2) is 51.7 Å². The van der Waals surface area contributed by atoms with Gasteiger partial charge in [0.1, 0.15) is 5.78 Å². The minimum absolute atomic E-state index is 0.283. The summed E-state index contributed by atoms with van der Waals surface area (Å²) in [5.41, 5.74) is 4.14. The summed E-state index contributed by atoms with van der Waals surface area (Å²) in [6.45, 7) is 7.69. The number of benzene rings is 1. The maximum Gasteiger partial charge on any atom is 0.198 e. The van der Waals surface area contributed by atoms with Crippen molar-refractivity contribution in [1.29, 1.82) is 0 Å². The third-order valence-corrected chi connectivity index (χ3v) is 7.31. The molecule has 0 bridgehead atoms. The van der Waals surface area contributed by atoms with Gasteiger partial charge in [-0.25, -0.2) is 14.5 Å². The van der Waals surface area contributed by atoms with Gasteiger partial charge in [0.05, 0.1) is 13.2 Å². The number of aromatic nitrogens is 4. The Morgan fingerprint density at radius 2 is 2.10 bits per heavy atom. The summed E-state index contributed by atoms with van der Waals surface area (Å²) in [6, 6.07) is 6.36. The van der Waals surface area contributed by atoms with Crippen LogP contribution in [0.2, 0.25) is 0 Å². The lowest BCUT2D eigenvalue weighted by molar-refractivity contribution is -0.121. The van der Waals surface area contributed by atoms with E-state index in [1.165, 1.54) is 6.42 Å². The molecule has 0 atom stereocenters. The molecule has 3 aromatic rings. The fourth-order valence-electron chi connectivity index (χ4n) is 5.40. The van der Waals surface area contributed by atoms with Crippen molar-refractivity contribution in [2.24, 2.45) is 5.41 Å². The zero-order valence-corrected chi connectivity index (χ0v) is 18.1. The van der Waals surface area contributed by atoms with Crippen molar-refractivity contribution in [1.82, 2.24) is 19.6 Å². The van der Waals surface area contributed by atoms with E-state index >= 15 is 0 Å². The number of carbonyl (C=O) groups is 1. The van der Waals surface area contributed by atoms with Crippen molar-refractivity contribution in [2.75, 3.05) is 31.2 Å². The second kappa shape index (κ2) is 6.60. The number of fused-ring (bicyclic) bond motifs is 2. The quantitative estimate of drug-likeness (QED) is 0.653. The average Bonchev–Trinajstić information content (AvgIpc) is 3.24. The molecule has 2 saturated heterocycles. The first-order chi connectivity index (χ1) is 14.9. The van der Waals surface area contributed by atoms with Gasteiger partial charge in [-0.1, -0.05) is 18.2 Å². The van der Waals surface area contributed by atoms with Crippen LogP contribution in [0.5, 0.6) is 0 Å². The van der Waals surface area contributed by atoms with E-state index in [0.717, 1.165) is 66.7 Å². The molecule has 7 heteroatoms. The number of anilines is 1. The molecule has 1 aliphatic carbocycles. The van der Waals surface area contributed by atoms with E-state index in [9.17, 15) is 4.79 Å². The van der Waals surface area contributed by atoms with Crippen molar-refractivity contribution in [3.8, 4) is 0 Å². The predicted octanol–water partition coefficient (Wildman–Crippen LogP) is 2.73. The highest BCUT2D eigenvalue weighted by Gasteiger charge is 2.43. The molecule has 2 aliphatic heterocycles. The maximum atomic E-state index is 12.4. The van der Waals surface area contributed by atoms with Gasteiger partial charge in [0.25, 0.3) is 0 Å². The van der Waals surface area contributed by atoms with Crippen LogP contribution in [-0.2, 0) is 27.8 Å². The molecule has 2 fully saturated rings. The van der Waals surface area contributed by atoms with E-state index in [4.69, 9.17) is 14.8 Å². The summed E-state index contributed by atoms with van der Waals surface area (Å²) in [5, 5.41) is 4.72. The normalized spacial score (nSPS) is 21.5. The Bertz CT molecular complexity index is 1190. The molecule has 2 aromatic heterocycles.